The van der Waals surface area contributed by atoms with Crippen LogP contribution in [0.2, 0.25) is 5.02 Å². The summed E-state index contributed by atoms with van der Waals surface area (Å²) in [6.07, 6.45) is 1.70. The van der Waals surface area contributed by atoms with Crippen LogP contribution in [0.15, 0.2) is 35.2 Å². The Morgan fingerprint density at radius 3 is 2.57 bits per heavy atom. The van der Waals surface area contributed by atoms with Crippen molar-refractivity contribution in [2.75, 3.05) is 0 Å². The lowest BCUT2D eigenvalue weighted by Gasteiger charge is -2.00. The molecule has 0 amide bonds. The summed E-state index contributed by atoms with van der Waals surface area (Å²) >= 11 is 9.16. The molecule has 3 rings (SSSR count). The van der Waals surface area contributed by atoms with Gasteiger partial charge in [0.05, 0.1) is 4.01 Å². The van der Waals surface area contributed by atoms with Gasteiger partial charge in [-0.05, 0) is 60.7 Å². The standard InChI is InChI=1S/C18H12ClNOS2/c1-10-9-22-18-16(10)11(2)15(23-18)7-13(8-20)17(21)12-3-5-14(19)6-4-12/h3-7,9H,1-2H3/b13-7+. The van der Waals surface area contributed by atoms with E-state index in [0.717, 1.165) is 10.4 Å². The molecule has 2 nitrogen and oxygen atoms in total. The Hall–Kier alpha value is -1.93. The molecule has 0 unspecified atom stereocenters. The van der Waals surface area contributed by atoms with Gasteiger partial charge >= 0.3 is 0 Å². The fourth-order valence-electron chi connectivity index (χ4n) is 2.42. The van der Waals surface area contributed by atoms with Crippen molar-refractivity contribution in [2.45, 2.75) is 13.8 Å². The highest BCUT2D eigenvalue weighted by molar-refractivity contribution is 7.38. The molecule has 0 bridgehead atoms. The number of allylic oxidation sites excluding steroid dienone is 1. The summed E-state index contributed by atoms with van der Waals surface area (Å²) < 4.78 is 1.22. The number of aryl methyl sites for hydroxylation is 2. The number of fused-ring (bicyclic) bond motifs is 1. The summed E-state index contributed by atoms with van der Waals surface area (Å²) in [5.41, 5.74) is 2.97. The van der Waals surface area contributed by atoms with Crippen LogP contribution in [0.25, 0.3) is 15.5 Å². The van der Waals surface area contributed by atoms with E-state index >= 15 is 0 Å². The zero-order valence-electron chi connectivity index (χ0n) is 12.5. The zero-order valence-corrected chi connectivity index (χ0v) is 14.9. The van der Waals surface area contributed by atoms with Crippen LogP contribution in [0.5, 0.6) is 0 Å². The number of nitriles is 1. The first-order valence-corrected chi connectivity index (χ1v) is 8.98. The molecule has 0 aliphatic heterocycles. The molecule has 0 radical (unpaired) electrons. The summed E-state index contributed by atoms with van der Waals surface area (Å²) in [5.74, 6) is -0.281. The number of ketones is 1. The Morgan fingerprint density at radius 1 is 1.26 bits per heavy atom. The van der Waals surface area contributed by atoms with Crippen molar-refractivity contribution < 1.29 is 4.79 Å². The van der Waals surface area contributed by atoms with Crippen LogP contribution in [-0.2, 0) is 0 Å². The zero-order chi connectivity index (χ0) is 16.6. The second-order valence-corrected chi connectivity index (χ2v) is 7.81. The number of halogens is 1. The van der Waals surface area contributed by atoms with Gasteiger partial charge in [0.1, 0.15) is 11.6 Å². The van der Waals surface area contributed by atoms with Gasteiger partial charge in [-0.2, -0.15) is 5.26 Å². The maximum Gasteiger partial charge on any atom is 0.203 e. The molecule has 0 atom stereocenters. The molecule has 2 heterocycles. The normalized spacial score (nSPS) is 11.7. The third kappa shape index (κ3) is 2.96. The summed E-state index contributed by atoms with van der Waals surface area (Å²) in [4.78, 5) is 13.5. The number of Topliss-reactive ketones (excluding diaryl/α,β-unsaturated/α-hetero) is 1. The van der Waals surface area contributed by atoms with Gasteiger partial charge in [0.2, 0.25) is 5.78 Å². The van der Waals surface area contributed by atoms with E-state index in [2.05, 4.69) is 12.3 Å². The Bertz CT molecular complexity index is 971. The smallest absolute Gasteiger partial charge is 0.203 e. The van der Waals surface area contributed by atoms with Crippen molar-refractivity contribution in [3.05, 3.63) is 61.8 Å². The van der Waals surface area contributed by atoms with Crippen molar-refractivity contribution >= 4 is 55.5 Å². The number of carbonyl (C=O) groups is 1. The number of nitrogens with zero attached hydrogens (tertiary/aromatic N) is 1. The topological polar surface area (TPSA) is 40.9 Å². The van der Waals surface area contributed by atoms with Gasteiger partial charge in [-0.1, -0.05) is 11.6 Å². The first kappa shape index (κ1) is 15.9. The molecule has 2 aromatic heterocycles. The summed E-state index contributed by atoms with van der Waals surface area (Å²) in [5, 5.41) is 13.3. The lowest BCUT2D eigenvalue weighted by atomic mass is 10.0. The minimum Gasteiger partial charge on any atom is -0.288 e. The SMILES string of the molecule is Cc1csc2sc(/C=C(\C#N)C(=O)c3ccc(Cl)cc3)c(C)c12. The second kappa shape index (κ2) is 6.29. The van der Waals surface area contributed by atoms with E-state index in [9.17, 15) is 10.1 Å². The van der Waals surface area contributed by atoms with Crippen LogP contribution in [0.3, 0.4) is 0 Å². The third-order valence-corrected chi connectivity index (χ3v) is 6.35. The highest BCUT2D eigenvalue weighted by Gasteiger charge is 2.16. The Morgan fingerprint density at radius 2 is 1.96 bits per heavy atom. The fraction of sp³-hybridized carbons (Fsp3) is 0.111. The number of carbonyl (C=O) groups excluding carboxylic acids is 1. The van der Waals surface area contributed by atoms with E-state index in [1.165, 1.54) is 15.0 Å². The van der Waals surface area contributed by atoms with E-state index in [1.807, 2.05) is 13.0 Å². The molecule has 0 saturated heterocycles. The Balaban J connectivity index is 2.03. The average molecular weight is 358 g/mol. The maximum absolute atomic E-state index is 12.5. The molecule has 0 fully saturated rings. The van der Waals surface area contributed by atoms with Crippen LogP contribution >= 0.6 is 34.3 Å². The van der Waals surface area contributed by atoms with Crippen molar-refractivity contribution in [3.63, 3.8) is 0 Å². The van der Waals surface area contributed by atoms with Crippen molar-refractivity contribution in [3.8, 4) is 6.07 Å². The van der Waals surface area contributed by atoms with E-state index in [-0.39, 0.29) is 11.4 Å². The van der Waals surface area contributed by atoms with Crippen molar-refractivity contribution in [2.24, 2.45) is 0 Å². The second-order valence-electron chi connectivity index (χ2n) is 5.18. The highest BCUT2D eigenvalue weighted by atomic mass is 35.5. The predicted molar refractivity (Wildman–Crippen MR) is 98.5 cm³/mol. The van der Waals surface area contributed by atoms with Crippen molar-refractivity contribution in [1.29, 1.82) is 5.26 Å². The molecule has 0 saturated carbocycles. The highest BCUT2D eigenvalue weighted by Crippen LogP contribution is 2.38. The average Bonchev–Trinajstić information content (AvgIpc) is 3.06. The van der Waals surface area contributed by atoms with Gasteiger partial charge in [0.15, 0.2) is 0 Å². The number of rotatable bonds is 3. The maximum atomic E-state index is 12.5. The summed E-state index contributed by atoms with van der Waals surface area (Å²) in [7, 11) is 0. The molecule has 3 aromatic rings. The molecule has 0 aliphatic rings. The molecular formula is C18H12ClNOS2. The van der Waals surface area contributed by atoms with Crippen LogP contribution in [0, 0.1) is 25.2 Å². The lowest BCUT2D eigenvalue weighted by molar-refractivity contribution is 0.104. The number of thiophene rings is 2. The van der Waals surface area contributed by atoms with Gasteiger partial charge < -0.3 is 0 Å². The van der Waals surface area contributed by atoms with Gasteiger partial charge in [0.25, 0.3) is 0 Å². The van der Waals surface area contributed by atoms with Crippen LogP contribution < -0.4 is 0 Å². The van der Waals surface area contributed by atoms with E-state index in [0.29, 0.717) is 10.6 Å². The molecule has 114 valence electrons. The van der Waals surface area contributed by atoms with Gasteiger partial charge in [-0.3, -0.25) is 4.79 Å². The first-order chi connectivity index (χ1) is 11.0. The molecular weight excluding hydrogens is 346 g/mol. The molecule has 0 aliphatic carbocycles. The van der Waals surface area contributed by atoms with Crippen LogP contribution in [-0.4, -0.2) is 5.78 Å². The molecule has 0 N–H and O–H groups in total. The van der Waals surface area contributed by atoms with E-state index in [4.69, 9.17) is 11.6 Å². The van der Waals surface area contributed by atoms with Gasteiger partial charge in [-0.15, -0.1) is 22.7 Å². The molecule has 0 spiro atoms. The Labute approximate surface area is 147 Å². The molecule has 23 heavy (non-hydrogen) atoms. The summed E-state index contributed by atoms with van der Waals surface area (Å²) in [6.45, 7) is 4.11. The van der Waals surface area contributed by atoms with E-state index < -0.39 is 0 Å². The number of benzene rings is 1. The largest absolute Gasteiger partial charge is 0.288 e. The van der Waals surface area contributed by atoms with Gasteiger partial charge in [0, 0.05) is 20.8 Å². The van der Waals surface area contributed by atoms with E-state index in [1.54, 1.807) is 53.0 Å². The predicted octanol–water partition coefficient (Wildman–Crippen LogP) is 6.02. The minimum absolute atomic E-state index is 0.141. The summed E-state index contributed by atoms with van der Waals surface area (Å²) in [6, 6.07) is 8.61. The number of hydrogen-bond acceptors (Lipinski definition) is 4. The third-order valence-electron chi connectivity index (χ3n) is 3.64. The Kier molecular flexibility index (Phi) is 4.36. The number of hydrogen-bond donors (Lipinski definition) is 0. The quantitative estimate of drug-likeness (QED) is 0.326. The monoisotopic (exact) mass is 357 g/mol. The minimum atomic E-state index is -0.281. The molecule has 1 aromatic carbocycles. The first-order valence-electron chi connectivity index (χ1n) is 6.90. The molecule has 5 heteroatoms. The van der Waals surface area contributed by atoms with Crippen molar-refractivity contribution in [1.82, 2.24) is 0 Å². The fourth-order valence-corrected chi connectivity index (χ4v) is 5.03. The van der Waals surface area contributed by atoms with Crippen LogP contribution in [0.1, 0.15) is 26.4 Å². The van der Waals surface area contributed by atoms with Gasteiger partial charge in [-0.25, -0.2) is 0 Å². The lowest BCUT2D eigenvalue weighted by Crippen LogP contribution is -2.01. The van der Waals surface area contributed by atoms with Crippen LogP contribution in [0.4, 0.5) is 0 Å².